The molecule has 6 rings (SSSR count). The molecule has 3 aliphatic rings. The summed E-state index contributed by atoms with van der Waals surface area (Å²) in [6.45, 7) is 5.60. The summed E-state index contributed by atoms with van der Waals surface area (Å²) in [6, 6.07) is 32.5. The molecule has 0 bridgehead atoms. The van der Waals surface area contributed by atoms with Crippen LogP contribution < -0.4 is 0 Å². The molecule has 0 radical (unpaired) electrons. The lowest BCUT2D eigenvalue weighted by molar-refractivity contribution is 0.0102. The zero-order valence-electron chi connectivity index (χ0n) is 27.0. The van der Waals surface area contributed by atoms with Crippen molar-refractivity contribution in [1.82, 2.24) is 0 Å². The molecule has 3 aromatic carbocycles. The van der Waals surface area contributed by atoms with E-state index in [9.17, 15) is 0 Å². The van der Waals surface area contributed by atoms with Crippen molar-refractivity contribution in [2.45, 2.75) is 103 Å². The monoisotopic (exact) mass is 576 g/mol. The first-order valence-electron chi connectivity index (χ1n) is 18.0. The molecular formula is C42H56O. The van der Waals surface area contributed by atoms with Gasteiger partial charge in [-0.3, -0.25) is 0 Å². The highest BCUT2D eigenvalue weighted by Gasteiger charge is 2.48. The van der Waals surface area contributed by atoms with Crippen LogP contribution in [0.15, 0.2) is 91.0 Å². The van der Waals surface area contributed by atoms with Crippen LogP contribution in [0.5, 0.6) is 0 Å². The molecule has 230 valence electrons. The highest BCUT2D eigenvalue weighted by atomic mass is 16.5. The van der Waals surface area contributed by atoms with Crippen LogP contribution in [-0.2, 0) is 10.3 Å². The van der Waals surface area contributed by atoms with Gasteiger partial charge in [-0.1, -0.05) is 137 Å². The second kappa shape index (κ2) is 14.6. The van der Waals surface area contributed by atoms with E-state index in [4.69, 9.17) is 4.74 Å². The molecule has 0 N–H and O–H groups in total. The maximum atomic E-state index is 7.03. The van der Waals surface area contributed by atoms with E-state index < -0.39 is 5.60 Å². The minimum absolute atomic E-state index is 0.582. The molecule has 3 aromatic rings. The maximum absolute atomic E-state index is 7.03. The number of rotatable bonds is 19. The Balaban J connectivity index is 0.936. The third-order valence-corrected chi connectivity index (χ3v) is 11.3. The lowest BCUT2D eigenvalue weighted by Gasteiger charge is -2.36. The number of ether oxygens (including phenoxy) is 1. The normalized spacial score (nSPS) is 26.7. The van der Waals surface area contributed by atoms with Gasteiger partial charge in [0.05, 0.1) is 0 Å². The van der Waals surface area contributed by atoms with Gasteiger partial charge in [0, 0.05) is 6.61 Å². The van der Waals surface area contributed by atoms with Crippen molar-refractivity contribution in [3.63, 3.8) is 0 Å². The van der Waals surface area contributed by atoms with E-state index in [0.29, 0.717) is 0 Å². The number of hydrogen-bond donors (Lipinski definition) is 0. The van der Waals surface area contributed by atoms with Crippen LogP contribution in [0, 0.1) is 41.4 Å². The third kappa shape index (κ3) is 8.02. The first-order chi connectivity index (χ1) is 21.2. The van der Waals surface area contributed by atoms with E-state index in [0.717, 1.165) is 54.5 Å². The van der Waals surface area contributed by atoms with E-state index in [2.05, 4.69) is 105 Å². The summed E-state index contributed by atoms with van der Waals surface area (Å²) in [6.07, 6.45) is 18.8. The predicted molar refractivity (Wildman–Crippen MR) is 181 cm³/mol. The minimum Gasteiger partial charge on any atom is -0.361 e. The Morgan fingerprint density at radius 1 is 0.581 bits per heavy atom. The molecule has 0 aliphatic heterocycles. The van der Waals surface area contributed by atoms with Gasteiger partial charge < -0.3 is 4.74 Å². The fourth-order valence-corrected chi connectivity index (χ4v) is 8.30. The minimum atomic E-state index is -0.582. The fraction of sp³-hybridized carbons (Fsp3) is 0.571. The van der Waals surface area contributed by atoms with Gasteiger partial charge in [-0.25, -0.2) is 0 Å². The summed E-state index contributed by atoms with van der Waals surface area (Å²) in [5, 5.41) is 0. The van der Waals surface area contributed by atoms with E-state index in [1.54, 1.807) is 12.8 Å². The van der Waals surface area contributed by atoms with Crippen LogP contribution in [0.4, 0.5) is 0 Å². The molecule has 1 heteroatoms. The largest absolute Gasteiger partial charge is 0.361 e. The second-order valence-corrected chi connectivity index (χ2v) is 14.7. The molecule has 43 heavy (non-hydrogen) atoms. The van der Waals surface area contributed by atoms with E-state index >= 15 is 0 Å². The number of hydrogen-bond acceptors (Lipinski definition) is 1. The summed E-state index contributed by atoms with van der Waals surface area (Å²) in [5.41, 5.74) is 3.03. The van der Waals surface area contributed by atoms with Crippen molar-refractivity contribution in [2.75, 3.05) is 6.61 Å². The standard InChI is InChI=1S/C42H56O/c1-3-4-8-16-32(2)24-25-34-28-36(34)30-38-31-37(38)29-35-27-33(35)17-15-26-43-42(39-18-9-5-10-19-39,40-20-11-6-12-21-40)41-22-13-7-14-23-41/h5-7,9-14,18-23,32-38H,3-4,8,15-17,24-31H2,1-2H3. The average molecular weight is 577 g/mol. The molecule has 7 unspecified atom stereocenters. The molecule has 3 aliphatic carbocycles. The first kappa shape index (κ1) is 30.6. The highest BCUT2D eigenvalue weighted by Crippen LogP contribution is 2.58. The molecule has 0 aromatic heterocycles. The highest BCUT2D eigenvalue weighted by molar-refractivity contribution is 5.47. The van der Waals surface area contributed by atoms with Gasteiger partial charge in [-0.05, 0) is 109 Å². The van der Waals surface area contributed by atoms with Gasteiger partial charge >= 0.3 is 0 Å². The Hall–Kier alpha value is -2.38. The maximum Gasteiger partial charge on any atom is 0.143 e. The first-order valence-corrected chi connectivity index (χ1v) is 18.0. The summed E-state index contributed by atoms with van der Waals surface area (Å²) >= 11 is 0. The van der Waals surface area contributed by atoms with Crippen molar-refractivity contribution in [2.24, 2.45) is 41.4 Å². The van der Waals surface area contributed by atoms with Gasteiger partial charge in [0.25, 0.3) is 0 Å². The van der Waals surface area contributed by atoms with Gasteiger partial charge in [0.2, 0.25) is 0 Å². The van der Waals surface area contributed by atoms with Gasteiger partial charge in [0.1, 0.15) is 5.60 Å². The van der Waals surface area contributed by atoms with Crippen LogP contribution in [0.3, 0.4) is 0 Å². The topological polar surface area (TPSA) is 9.23 Å². The molecule has 0 heterocycles. The van der Waals surface area contributed by atoms with Crippen molar-refractivity contribution in [3.05, 3.63) is 108 Å². The number of unbranched alkanes of at least 4 members (excludes halogenated alkanes) is 2. The van der Waals surface area contributed by atoms with E-state index in [1.165, 1.54) is 80.9 Å². The fourth-order valence-electron chi connectivity index (χ4n) is 8.30. The van der Waals surface area contributed by atoms with Crippen molar-refractivity contribution in [1.29, 1.82) is 0 Å². The Morgan fingerprint density at radius 3 is 1.56 bits per heavy atom. The Bertz CT molecular complexity index is 1120. The molecule has 0 spiro atoms. The van der Waals surface area contributed by atoms with Crippen molar-refractivity contribution < 1.29 is 4.74 Å². The lowest BCUT2D eigenvalue weighted by atomic mass is 9.80. The van der Waals surface area contributed by atoms with Gasteiger partial charge in [-0.15, -0.1) is 0 Å². The summed E-state index contributed by atoms with van der Waals surface area (Å²) < 4.78 is 7.03. The molecular weight excluding hydrogens is 520 g/mol. The van der Waals surface area contributed by atoms with Gasteiger partial charge in [0.15, 0.2) is 0 Å². The van der Waals surface area contributed by atoms with Crippen LogP contribution in [0.1, 0.15) is 114 Å². The zero-order valence-corrected chi connectivity index (χ0v) is 27.0. The van der Waals surface area contributed by atoms with Crippen LogP contribution in [-0.4, -0.2) is 6.61 Å². The van der Waals surface area contributed by atoms with Crippen LogP contribution in [0.2, 0.25) is 0 Å². The summed E-state index contributed by atoms with van der Waals surface area (Å²) in [4.78, 5) is 0. The quantitative estimate of drug-likeness (QED) is 0.102. The second-order valence-electron chi connectivity index (χ2n) is 14.7. The van der Waals surface area contributed by atoms with E-state index in [1.807, 2.05) is 0 Å². The molecule has 7 atom stereocenters. The van der Waals surface area contributed by atoms with Gasteiger partial charge in [-0.2, -0.15) is 0 Å². The van der Waals surface area contributed by atoms with Crippen LogP contribution in [0.25, 0.3) is 0 Å². The third-order valence-electron chi connectivity index (χ3n) is 11.3. The average Bonchev–Trinajstić information content (AvgIpc) is 3.99. The Morgan fingerprint density at radius 2 is 1.05 bits per heavy atom. The predicted octanol–water partition coefficient (Wildman–Crippen LogP) is 11.5. The Labute approximate surface area is 262 Å². The molecule has 3 saturated carbocycles. The molecule has 0 amide bonds. The van der Waals surface area contributed by atoms with Crippen molar-refractivity contribution >= 4 is 0 Å². The molecule has 0 saturated heterocycles. The zero-order chi connectivity index (χ0) is 29.5. The SMILES string of the molecule is CCCCCC(C)CCC1CC1CC1CC1CC1CC1CCCOC(c1ccccc1)(c1ccccc1)c1ccccc1. The molecule has 3 fully saturated rings. The molecule has 1 nitrogen and oxygen atoms in total. The number of benzene rings is 3. The smallest absolute Gasteiger partial charge is 0.143 e. The van der Waals surface area contributed by atoms with E-state index in [-0.39, 0.29) is 0 Å². The Kier molecular flexibility index (Phi) is 10.4. The van der Waals surface area contributed by atoms with Crippen molar-refractivity contribution in [3.8, 4) is 0 Å². The lowest BCUT2D eigenvalue weighted by Crippen LogP contribution is -2.33. The van der Waals surface area contributed by atoms with Crippen LogP contribution >= 0.6 is 0 Å². The summed E-state index contributed by atoms with van der Waals surface area (Å²) in [5.74, 6) is 7.18. The summed E-state index contributed by atoms with van der Waals surface area (Å²) in [7, 11) is 0.